The molecule has 1 fully saturated rings. The van der Waals surface area contributed by atoms with Gasteiger partial charge in [-0.05, 0) is 30.7 Å². The zero-order valence-corrected chi connectivity index (χ0v) is 16.3. The van der Waals surface area contributed by atoms with Gasteiger partial charge in [-0.25, -0.2) is 18.2 Å². The van der Waals surface area contributed by atoms with Gasteiger partial charge in [-0.15, -0.1) is 0 Å². The van der Waals surface area contributed by atoms with Crippen LogP contribution in [0.3, 0.4) is 0 Å². The molecule has 1 aromatic carbocycles. The lowest BCUT2D eigenvalue weighted by atomic mass is 10.1. The fraction of sp³-hybridized carbons (Fsp3) is 0.500. The van der Waals surface area contributed by atoms with Gasteiger partial charge < -0.3 is 14.2 Å². The number of hydrogen-bond donors (Lipinski definition) is 0. The highest BCUT2D eigenvalue weighted by molar-refractivity contribution is 7.91. The van der Waals surface area contributed by atoms with Gasteiger partial charge in [0.05, 0.1) is 24.7 Å². The van der Waals surface area contributed by atoms with Gasteiger partial charge in [0.1, 0.15) is 30.4 Å². The summed E-state index contributed by atoms with van der Waals surface area (Å²) in [4.78, 5) is 24.3. The Bertz CT molecular complexity index is 864. The third-order valence-corrected chi connectivity index (χ3v) is 6.24. The second-order valence-corrected chi connectivity index (χ2v) is 8.73. The van der Waals surface area contributed by atoms with Gasteiger partial charge in [0.25, 0.3) is 0 Å². The zero-order valence-electron chi connectivity index (χ0n) is 15.5. The van der Waals surface area contributed by atoms with Crippen molar-refractivity contribution in [2.24, 2.45) is 5.10 Å². The number of methoxy groups -OCH3 is 1. The van der Waals surface area contributed by atoms with Gasteiger partial charge in [0.15, 0.2) is 9.84 Å². The summed E-state index contributed by atoms with van der Waals surface area (Å²) in [5.41, 5.74) is 0.119. The molecule has 1 aromatic rings. The molecule has 10 heteroatoms. The Labute approximate surface area is 163 Å². The van der Waals surface area contributed by atoms with Crippen molar-refractivity contribution >= 4 is 27.4 Å². The number of ether oxygens (including phenoxy) is 3. The van der Waals surface area contributed by atoms with Crippen LogP contribution < -0.4 is 9.47 Å². The molecule has 2 heterocycles. The summed E-state index contributed by atoms with van der Waals surface area (Å²) in [7, 11) is -1.59. The Morgan fingerprint density at radius 3 is 2.54 bits per heavy atom. The average molecular weight is 410 g/mol. The minimum absolute atomic E-state index is 0.0234. The molecule has 1 unspecified atom stereocenters. The first kappa shape index (κ1) is 20.1. The lowest BCUT2D eigenvalue weighted by Gasteiger charge is -2.27. The minimum Gasteiger partial charge on any atom is -0.497 e. The Balaban J connectivity index is 1.50. The first-order chi connectivity index (χ1) is 13.4. The summed E-state index contributed by atoms with van der Waals surface area (Å²) < 4.78 is 39.0. The second-order valence-electron chi connectivity index (χ2n) is 6.50. The maximum absolute atomic E-state index is 12.2. The molecule has 152 valence electrons. The van der Waals surface area contributed by atoms with Crippen LogP contribution in [0.25, 0.3) is 0 Å². The van der Waals surface area contributed by atoms with Crippen molar-refractivity contribution in [2.45, 2.75) is 25.3 Å². The quantitative estimate of drug-likeness (QED) is 0.482. The smallest absolute Gasteiger partial charge is 0.354 e. The van der Waals surface area contributed by atoms with Crippen molar-refractivity contribution in [3.05, 3.63) is 24.3 Å². The van der Waals surface area contributed by atoms with Crippen molar-refractivity contribution < 1.29 is 32.2 Å². The lowest BCUT2D eigenvalue weighted by Crippen LogP contribution is -2.42. The molecule has 0 aromatic heterocycles. The van der Waals surface area contributed by atoms with E-state index in [9.17, 15) is 18.0 Å². The molecule has 0 spiro atoms. The van der Waals surface area contributed by atoms with E-state index in [1.807, 2.05) is 0 Å². The molecule has 9 nitrogen and oxygen atoms in total. The number of nitrogens with zero attached hydrogens (tertiary/aromatic N) is 2. The fourth-order valence-electron chi connectivity index (χ4n) is 3.02. The molecule has 0 radical (unpaired) electrons. The molecule has 1 atom stereocenters. The highest BCUT2D eigenvalue weighted by Gasteiger charge is 2.37. The highest BCUT2D eigenvalue weighted by atomic mass is 32.2. The number of carbonyl (C=O) groups excluding carboxylic acids is 2. The van der Waals surface area contributed by atoms with Crippen LogP contribution in [0.5, 0.6) is 11.5 Å². The highest BCUT2D eigenvalue weighted by Crippen LogP contribution is 2.22. The molecule has 28 heavy (non-hydrogen) atoms. The third kappa shape index (κ3) is 5.00. The van der Waals surface area contributed by atoms with Crippen molar-refractivity contribution in [1.29, 1.82) is 0 Å². The second kappa shape index (κ2) is 8.59. The van der Waals surface area contributed by atoms with E-state index >= 15 is 0 Å². The molecule has 0 aliphatic carbocycles. The summed E-state index contributed by atoms with van der Waals surface area (Å²) in [6.45, 7) is 0.185. The Morgan fingerprint density at radius 2 is 1.89 bits per heavy atom. The van der Waals surface area contributed by atoms with E-state index in [0.717, 1.165) is 5.01 Å². The SMILES string of the molecule is COc1ccc(OCCOC(=O)C2=NN(C3CCS(=O)(=O)C3)C(=O)CC2)cc1. The number of carbonyl (C=O) groups is 2. The Kier molecular flexibility index (Phi) is 6.18. The number of amides is 1. The number of hydrazone groups is 1. The van der Waals surface area contributed by atoms with Crippen LogP contribution in [0.15, 0.2) is 29.4 Å². The number of sulfone groups is 1. The molecule has 0 saturated carbocycles. The van der Waals surface area contributed by atoms with Crippen LogP contribution in [0.2, 0.25) is 0 Å². The Morgan fingerprint density at radius 1 is 1.18 bits per heavy atom. The average Bonchev–Trinajstić information content (AvgIpc) is 3.05. The summed E-state index contributed by atoms with van der Waals surface area (Å²) >= 11 is 0. The van der Waals surface area contributed by atoms with Crippen LogP contribution in [-0.2, 0) is 24.2 Å². The normalized spacial score (nSPS) is 21.2. The van der Waals surface area contributed by atoms with E-state index < -0.39 is 21.8 Å². The van der Waals surface area contributed by atoms with Gasteiger partial charge in [0.2, 0.25) is 5.91 Å². The van der Waals surface area contributed by atoms with E-state index in [1.54, 1.807) is 31.4 Å². The van der Waals surface area contributed by atoms with Gasteiger partial charge in [-0.2, -0.15) is 5.10 Å². The first-order valence-electron chi connectivity index (χ1n) is 8.92. The first-order valence-corrected chi connectivity index (χ1v) is 10.7. The van der Waals surface area contributed by atoms with E-state index in [0.29, 0.717) is 17.9 Å². The molecular weight excluding hydrogens is 388 g/mol. The van der Waals surface area contributed by atoms with E-state index in [-0.39, 0.29) is 49.2 Å². The van der Waals surface area contributed by atoms with Crippen molar-refractivity contribution in [1.82, 2.24) is 5.01 Å². The molecule has 2 aliphatic rings. The topological polar surface area (TPSA) is 112 Å². The maximum atomic E-state index is 12.2. The van der Waals surface area contributed by atoms with Gasteiger partial charge in [-0.1, -0.05) is 0 Å². The van der Waals surface area contributed by atoms with Crippen LogP contribution >= 0.6 is 0 Å². The molecule has 1 saturated heterocycles. The molecule has 0 N–H and O–H groups in total. The molecular formula is C18H22N2O7S. The van der Waals surface area contributed by atoms with Crippen molar-refractivity contribution in [3.8, 4) is 11.5 Å². The predicted molar refractivity (Wildman–Crippen MR) is 100 cm³/mol. The van der Waals surface area contributed by atoms with E-state index in [4.69, 9.17) is 14.2 Å². The summed E-state index contributed by atoms with van der Waals surface area (Å²) in [6.07, 6.45) is 0.607. The lowest BCUT2D eigenvalue weighted by molar-refractivity contribution is -0.137. The Hall–Kier alpha value is -2.62. The van der Waals surface area contributed by atoms with E-state index in [1.165, 1.54) is 0 Å². The number of hydrogen-bond acceptors (Lipinski definition) is 8. The molecule has 0 bridgehead atoms. The zero-order chi connectivity index (χ0) is 20.1. The minimum atomic E-state index is -3.16. The molecule has 2 aliphatic heterocycles. The van der Waals surface area contributed by atoms with Gasteiger partial charge in [-0.3, -0.25) is 4.79 Å². The summed E-state index contributed by atoms with van der Waals surface area (Å²) in [6, 6.07) is 6.48. The van der Waals surface area contributed by atoms with Crippen LogP contribution in [0.4, 0.5) is 0 Å². The van der Waals surface area contributed by atoms with Crippen molar-refractivity contribution in [3.63, 3.8) is 0 Å². The largest absolute Gasteiger partial charge is 0.497 e. The number of benzene rings is 1. The van der Waals surface area contributed by atoms with Gasteiger partial charge in [0, 0.05) is 12.8 Å². The summed E-state index contributed by atoms with van der Waals surface area (Å²) in [5.74, 6) is 0.326. The summed E-state index contributed by atoms with van der Waals surface area (Å²) in [5, 5.41) is 5.21. The number of rotatable bonds is 7. The monoisotopic (exact) mass is 410 g/mol. The fourth-order valence-corrected chi connectivity index (χ4v) is 4.71. The molecule has 3 rings (SSSR count). The number of esters is 1. The predicted octanol–water partition coefficient (Wildman–Crippen LogP) is 0.783. The van der Waals surface area contributed by atoms with Crippen LogP contribution in [-0.4, -0.2) is 68.9 Å². The maximum Gasteiger partial charge on any atom is 0.354 e. The van der Waals surface area contributed by atoms with Gasteiger partial charge >= 0.3 is 5.97 Å². The van der Waals surface area contributed by atoms with E-state index in [2.05, 4.69) is 5.10 Å². The van der Waals surface area contributed by atoms with Crippen LogP contribution in [0, 0.1) is 0 Å². The van der Waals surface area contributed by atoms with Crippen molar-refractivity contribution in [2.75, 3.05) is 31.8 Å². The third-order valence-electron chi connectivity index (χ3n) is 4.49. The van der Waals surface area contributed by atoms with Crippen LogP contribution in [0.1, 0.15) is 19.3 Å². The molecule has 1 amide bonds. The standard InChI is InChI=1S/C18H22N2O7S/c1-25-14-2-4-15(5-3-14)26-9-10-27-18(22)16-6-7-17(21)20(19-16)13-8-11-28(23,24)12-13/h2-5,13H,6-12H2,1H3.